The molecule has 7 nitrogen and oxygen atoms in total. The predicted octanol–water partition coefficient (Wildman–Crippen LogP) is 1.40. The SMILES string of the molecule is COc1ccccc1-n1cc(S(=O)(=O)N2C3CCNCC2CC3)cn1. The first-order chi connectivity index (χ1) is 12.1. The summed E-state index contributed by atoms with van der Waals surface area (Å²) >= 11 is 0. The van der Waals surface area contributed by atoms with Crippen LogP contribution in [0.15, 0.2) is 41.6 Å². The number of para-hydroxylation sites is 2. The molecule has 2 atom stereocenters. The van der Waals surface area contributed by atoms with Crippen molar-refractivity contribution in [1.29, 1.82) is 0 Å². The van der Waals surface area contributed by atoms with E-state index < -0.39 is 10.0 Å². The highest BCUT2D eigenvalue weighted by molar-refractivity contribution is 7.89. The normalized spacial score (nSPS) is 24.2. The van der Waals surface area contributed by atoms with Crippen LogP contribution in [0.1, 0.15) is 19.3 Å². The van der Waals surface area contributed by atoms with Gasteiger partial charge >= 0.3 is 0 Å². The number of ether oxygens (including phenoxy) is 1. The molecule has 0 spiro atoms. The van der Waals surface area contributed by atoms with E-state index in [1.165, 1.54) is 6.20 Å². The number of fused-ring (bicyclic) bond motifs is 2. The van der Waals surface area contributed by atoms with Crippen molar-refractivity contribution in [2.45, 2.75) is 36.2 Å². The molecule has 1 N–H and O–H groups in total. The number of nitrogens with one attached hydrogen (secondary N) is 1. The van der Waals surface area contributed by atoms with Gasteiger partial charge in [-0.1, -0.05) is 12.1 Å². The Morgan fingerprint density at radius 3 is 2.84 bits per heavy atom. The minimum atomic E-state index is -3.56. The molecule has 0 radical (unpaired) electrons. The fraction of sp³-hybridized carbons (Fsp3) is 0.471. The lowest BCUT2D eigenvalue weighted by Crippen LogP contribution is -2.42. The predicted molar refractivity (Wildman–Crippen MR) is 93.4 cm³/mol. The maximum atomic E-state index is 13.2. The number of hydrogen-bond donors (Lipinski definition) is 1. The lowest BCUT2D eigenvalue weighted by molar-refractivity contribution is 0.334. The minimum Gasteiger partial charge on any atom is -0.494 e. The van der Waals surface area contributed by atoms with Gasteiger partial charge in [-0.15, -0.1) is 0 Å². The summed E-state index contributed by atoms with van der Waals surface area (Å²) in [7, 11) is -1.97. The third kappa shape index (κ3) is 2.84. The first-order valence-electron chi connectivity index (χ1n) is 8.53. The van der Waals surface area contributed by atoms with Crippen LogP contribution in [0.25, 0.3) is 5.69 Å². The molecule has 3 heterocycles. The fourth-order valence-corrected chi connectivity index (χ4v) is 5.68. The van der Waals surface area contributed by atoms with Crippen molar-refractivity contribution in [3.63, 3.8) is 0 Å². The van der Waals surface area contributed by atoms with Crippen LogP contribution < -0.4 is 10.1 Å². The van der Waals surface area contributed by atoms with E-state index in [0.29, 0.717) is 11.4 Å². The molecular formula is C17H22N4O3S. The number of hydrogen-bond acceptors (Lipinski definition) is 5. The summed E-state index contributed by atoms with van der Waals surface area (Å²) in [5.74, 6) is 0.647. The second-order valence-electron chi connectivity index (χ2n) is 6.51. The average molecular weight is 362 g/mol. The molecule has 2 aliphatic heterocycles. The fourth-order valence-electron chi connectivity index (χ4n) is 3.84. The molecule has 1 aromatic carbocycles. The van der Waals surface area contributed by atoms with Gasteiger partial charge < -0.3 is 10.1 Å². The Morgan fingerprint density at radius 1 is 1.20 bits per heavy atom. The first-order valence-corrected chi connectivity index (χ1v) is 9.97. The van der Waals surface area contributed by atoms with Crippen LogP contribution in [0.2, 0.25) is 0 Å². The monoisotopic (exact) mass is 362 g/mol. The Kier molecular flexibility index (Phi) is 4.26. The number of nitrogens with zero attached hydrogens (tertiary/aromatic N) is 3. The van der Waals surface area contributed by atoms with Crippen LogP contribution in [0, 0.1) is 0 Å². The zero-order valence-corrected chi connectivity index (χ0v) is 14.9. The molecule has 0 amide bonds. The lowest BCUT2D eigenvalue weighted by Gasteiger charge is -2.26. The number of methoxy groups -OCH3 is 1. The highest BCUT2D eigenvalue weighted by atomic mass is 32.2. The second kappa shape index (κ2) is 6.44. The summed E-state index contributed by atoms with van der Waals surface area (Å²) < 4.78 is 35.0. The summed E-state index contributed by atoms with van der Waals surface area (Å²) in [6, 6.07) is 7.53. The van der Waals surface area contributed by atoms with Crippen molar-refractivity contribution >= 4 is 10.0 Å². The van der Waals surface area contributed by atoms with E-state index in [1.807, 2.05) is 24.3 Å². The van der Waals surface area contributed by atoms with Gasteiger partial charge in [0, 0.05) is 18.6 Å². The van der Waals surface area contributed by atoms with E-state index in [4.69, 9.17) is 4.74 Å². The van der Waals surface area contributed by atoms with Gasteiger partial charge in [0.15, 0.2) is 0 Å². The molecule has 0 aliphatic carbocycles. The summed E-state index contributed by atoms with van der Waals surface area (Å²) in [6.07, 6.45) is 5.71. The third-order valence-corrected chi connectivity index (χ3v) is 7.01. The Hall–Kier alpha value is -1.90. The highest BCUT2D eigenvalue weighted by Gasteiger charge is 2.43. The van der Waals surface area contributed by atoms with E-state index in [9.17, 15) is 8.42 Å². The minimum absolute atomic E-state index is 0.0344. The molecule has 4 rings (SSSR count). The molecule has 0 saturated carbocycles. The zero-order chi connectivity index (χ0) is 17.4. The molecule has 2 aliphatic rings. The van der Waals surface area contributed by atoms with Gasteiger partial charge in [-0.2, -0.15) is 9.40 Å². The average Bonchev–Trinajstić information content (AvgIpc) is 3.19. The smallest absolute Gasteiger partial charge is 0.246 e. The Balaban J connectivity index is 1.69. The molecule has 1 aromatic heterocycles. The zero-order valence-electron chi connectivity index (χ0n) is 14.1. The van der Waals surface area contributed by atoms with Crippen LogP contribution in [0.5, 0.6) is 5.75 Å². The van der Waals surface area contributed by atoms with Gasteiger partial charge in [0.1, 0.15) is 16.3 Å². The standard InChI is InChI=1S/C17H22N4O3S/c1-24-17-5-3-2-4-16(17)20-12-15(11-19-20)25(22,23)21-13-6-7-14(21)10-18-9-8-13/h2-5,11-14,18H,6-10H2,1H3. The van der Waals surface area contributed by atoms with E-state index in [2.05, 4.69) is 10.4 Å². The van der Waals surface area contributed by atoms with Gasteiger partial charge in [0.25, 0.3) is 0 Å². The van der Waals surface area contributed by atoms with E-state index in [0.717, 1.165) is 32.4 Å². The van der Waals surface area contributed by atoms with Crippen LogP contribution in [-0.2, 0) is 10.0 Å². The Morgan fingerprint density at radius 2 is 2.00 bits per heavy atom. The number of aromatic nitrogens is 2. The van der Waals surface area contributed by atoms with E-state index in [-0.39, 0.29) is 17.0 Å². The van der Waals surface area contributed by atoms with Crippen LogP contribution in [0.4, 0.5) is 0 Å². The van der Waals surface area contributed by atoms with Gasteiger partial charge in [0.2, 0.25) is 10.0 Å². The van der Waals surface area contributed by atoms with Crippen molar-refractivity contribution < 1.29 is 13.2 Å². The second-order valence-corrected chi connectivity index (χ2v) is 8.35. The molecule has 8 heteroatoms. The van der Waals surface area contributed by atoms with Gasteiger partial charge in [0.05, 0.1) is 19.5 Å². The molecule has 2 fully saturated rings. The van der Waals surface area contributed by atoms with E-state index in [1.54, 1.807) is 22.3 Å². The number of sulfonamides is 1. The Bertz CT molecular complexity index is 850. The summed E-state index contributed by atoms with van der Waals surface area (Å²) in [5, 5.41) is 7.60. The van der Waals surface area contributed by atoms with Crippen molar-refractivity contribution in [2.24, 2.45) is 0 Å². The van der Waals surface area contributed by atoms with Crippen molar-refractivity contribution in [1.82, 2.24) is 19.4 Å². The molecule has 25 heavy (non-hydrogen) atoms. The maximum absolute atomic E-state index is 13.2. The van der Waals surface area contributed by atoms with Crippen molar-refractivity contribution in [2.75, 3.05) is 20.2 Å². The van der Waals surface area contributed by atoms with Gasteiger partial charge in [-0.25, -0.2) is 13.1 Å². The lowest BCUT2D eigenvalue weighted by atomic mass is 10.1. The first kappa shape index (κ1) is 16.6. The molecule has 2 unspecified atom stereocenters. The van der Waals surface area contributed by atoms with Crippen LogP contribution >= 0.6 is 0 Å². The summed E-state index contributed by atoms with van der Waals surface area (Å²) in [6.45, 7) is 1.59. The van der Waals surface area contributed by atoms with Crippen LogP contribution in [-0.4, -0.2) is 54.8 Å². The number of rotatable bonds is 4. The van der Waals surface area contributed by atoms with Crippen LogP contribution in [0.3, 0.4) is 0 Å². The third-order valence-electron chi connectivity index (χ3n) is 5.05. The quantitative estimate of drug-likeness (QED) is 0.890. The molecule has 2 saturated heterocycles. The number of benzene rings is 1. The maximum Gasteiger partial charge on any atom is 0.246 e. The largest absolute Gasteiger partial charge is 0.494 e. The topological polar surface area (TPSA) is 76.5 Å². The summed E-state index contributed by atoms with van der Waals surface area (Å²) in [4.78, 5) is 0.234. The van der Waals surface area contributed by atoms with E-state index >= 15 is 0 Å². The molecule has 2 bridgehead atoms. The van der Waals surface area contributed by atoms with Gasteiger partial charge in [-0.05, 0) is 37.9 Å². The molecular weight excluding hydrogens is 340 g/mol. The Labute approximate surface area is 147 Å². The summed E-state index contributed by atoms with van der Waals surface area (Å²) in [5.41, 5.74) is 0.715. The molecule has 2 aromatic rings. The van der Waals surface area contributed by atoms with Crippen molar-refractivity contribution in [3.8, 4) is 11.4 Å². The van der Waals surface area contributed by atoms with Gasteiger partial charge in [-0.3, -0.25) is 0 Å². The molecule has 134 valence electrons. The highest BCUT2D eigenvalue weighted by Crippen LogP contribution is 2.34. The van der Waals surface area contributed by atoms with Crippen molar-refractivity contribution in [3.05, 3.63) is 36.7 Å².